The summed E-state index contributed by atoms with van der Waals surface area (Å²) in [6.45, 7) is 2.52. The number of hydrogen-bond acceptors (Lipinski definition) is 3. The van der Waals surface area contributed by atoms with Gasteiger partial charge in [-0.05, 0) is 12.8 Å². The molecule has 88 valence electrons. The number of nitrogens with two attached hydrogens (primary N) is 1. The fourth-order valence-electron chi connectivity index (χ4n) is 2.09. The molecule has 1 saturated carbocycles. The van der Waals surface area contributed by atoms with E-state index in [9.17, 15) is 0 Å². The van der Waals surface area contributed by atoms with Gasteiger partial charge in [0.15, 0.2) is 0 Å². The van der Waals surface area contributed by atoms with Crippen LogP contribution >= 0.6 is 0 Å². The summed E-state index contributed by atoms with van der Waals surface area (Å²) in [5, 5.41) is 0. The van der Waals surface area contributed by atoms with Crippen molar-refractivity contribution < 1.29 is 4.42 Å². The van der Waals surface area contributed by atoms with Gasteiger partial charge in [-0.3, -0.25) is 4.99 Å². The SMILES string of the molecule is CCc1cnc(CN=C(N)C2CCCC2)o1. The molecule has 2 N–H and O–H groups in total. The monoisotopic (exact) mass is 221 g/mol. The summed E-state index contributed by atoms with van der Waals surface area (Å²) in [5.41, 5.74) is 5.95. The molecule has 0 bridgehead atoms. The summed E-state index contributed by atoms with van der Waals surface area (Å²) < 4.78 is 5.47. The number of aliphatic imine (C=N–C) groups is 1. The lowest BCUT2D eigenvalue weighted by molar-refractivity contribution is 0.461. The third kappa shape index (κ3) is 2.62. The zero-order chi connectivity index (χ0) is 11.4. The lowest BCUT2D eigenvalue weighted by Crippen LogP contribution is -2.21. The highest BCUT2D eigenvalue weighted by molar-refractivity contribution is 5.82. The molecular formula is C12H19N3O. The summed E-state index contributed by atoms with van der Waals surface area (Å²) >= 11 is 0. The van der Waals surface area contributed by atoms with Crippen molar-refractivity contribution in [3.05, 3.63) is 17.8 Å². The Hall–Kier alpha value is -1.32. The highest BCUT2D eigenvalue weighted by atomic mass is 16.4. The molecule has 1 heterocycles. The number of aromatic nitrogens is 1. The van der Waals surface area contributed by atoms with Crippen molar-refractivity contribution in [2.75, 3.05) is 0 Å². The van der Waals surface area contributed by atoms with Gasteiger partial charge in [-0.1, -0.05) is 19.8 Å². The van der Waals surface area contributed by atoms with E-state index in [-0.39, 0.29) is 0 Å². The lowest BCUT2D eigenvalue weighted by Gasteiger charge is -2.06. The average molecular weight is 221 g/mol. The van der Waals surface area contributed by atoms with E-state index in [1.165, 1.54) is 25.7 Å². The summed E-state index contributed by atoms with van der Waals surface area (Å²) in [6, 6.07) is 0. The zero-order valence-corrected chi connectivity index (χ0v) is 9.78. The first-order valence-electron chi connectivity index (χ1n) is 6.03. The minimum Gasteiger partial charge on any atom is -0.444 e. The maximum atomic E-state index is 5.95. The number of nitrogens with zero attached hydrogens (tertiary/aromatic N) is 2. The van der Waals surface area contributed by atoms with Gasteiger partial charge in [0.25, 0.3) is 0 Å². The quantitative estimate of drug-likeness (QED) is 0.626. The predicted molar refractivity (Wildman–Crippen MR) is 63.2 cm³/mol. The Morgan fingerprint density at radius 2 is 2.31 bits per heavy atom. The molecule has 1 fully saturated rings. The lowest BCUT2D eigenvalue weighted by atomic mass is 10.1. The predicted octanol–water partition coefficient (Wildman–Crippen LogP) is 2.28. The van der Waals surface area contributed by atoms with Crippen LogP contribution in [-0.2, 0) is 13.0 Å². The van der Waals surface area contributed by atoms with Crippen LogP contribution in [0.2, 0.25) is 0 Å². The Balaban J connectivity index is 1.91. The second-order valence-corrected chi connectivity index (χ2v) is 4.30. The van der Waals surface area contributed by atoms with Crippen molar-refractivity contribution in [1.29, 1.82) is 0 Å². The molecule has 0 radical (unpaired) electrons. The van der Waals surface area contributed by atoms with Gasteiger partial charge in [-0.2, -0.15) is 0 Å². The number of aryl methyl sites for hydroxylation is 1. The first kappa shape index (κ1) is 11.2. The first-order valence-corrected chi connectivity index (χ1v) is 6.03. The van der Waals surface area contributed by atoms with Crippen LogP contribution in [-0.4, -0.2) is 10.8 Å². The normalized spacial score (nSPS) is 18.2. The van der Waals surface area contributed by atoms with Crippen LogP contribution in [0.25, 0.3) is 0 Å². The van der Waals surface area contributed by atoms with Gasteiger partial charge < -0.3 is 10.2 Å². The Morgan fingerprint density at radius 1 is 1.56 bits per heavy atom. The van der Waals surface area contributed by atoms with E-state index in [0.717, 1.165) is 18.0 Å². The minimum absolute atomic E-state index is 0.475. The standard InChI is InChI=1S/C12H19N3O/c1-2-10-7-14-11(16-10)8-15-12(13)9-5-3-4-6-9/h7,9H,2-6,8H2,1H3,(H2,13,15). The van der Waals surface area contributed by atoms with E-state index >= 15 is 0 Å². The first-order chi connectivity index (χ1) is 7.79. The van der Waals surface area contributed by atoms with Gasteiger partial charge in [0.1, 0.15) is 12.3 Å². The van der Waals surface area contributed by atoms with Gasteiger partial charge in [0, 0.05) is 12.3 Å². The molecule has 2 rings (SSSR count). The van der Waals surface area contributed by atoms with Crippen molar-refractivity contribution in [2.45, 2.75) is 45.6 Å². The van der Waals surface area contributed by atoms with E-state index in [1.54, 1.807) is 6.20 Å². The highest BCUT2D eigenvalue weighted by Crippen LogP contribution is 2.24. The number of amidine groups is 1. The maximum absolute atomic E-state index is 5.95. The van der Waals surface area contributed by atoms with Crippen LogP contribution in [0, 0.1) is 5.92 Å². The summed E-state index contributed by atoms with van der Waals surface area (Å²) in [5.74, 6) is 2.83. The minimum atomic E-state index is 0.475. The van der Waals surface area contributed by atoms with Gasteiger partial charge in [0.2, 0.25) is 5.89 Å². The van der Waals surface area contributed by atoms with E-state index in [2.05, 4.69) is 9.98 Å². The number of rotatable bonds is 4. The van der Waals surface area contributed by atoms with Crippen molar-refractivity contribution in [3.63, 3.8) is 0 Å². The molecule has 0 aliphatic heterocycles. The molecule has 0 unspecified atom stereocenters. The molecule has 4 heteroatoms. The Labute approximate surface area is 96.0 Å². The van der Waals surface area contributed by atoms with Crippen LogP contribution in [0.15, 0.2) is 15.6 Å². The molecule has 0 aromatic carbocycles. The molecule has 1 aromatic heterocycles. The van der Waals surface area contributed by atoms with Crippen LogP contribution < -0.4 is 5.73 Å². The molecular weight excluding hydrogens is 202 g/mol. The van der Waals surface area contributed by atoms with Crippen molar-refractivity contribution in [3.8, 4) is 0 Å². The largest absolute Gasteiger partial charge is 0.444 e. The van der Waals surface area contributed by atoms with Gasteiger partial charge in [0.05, 0.1) is 12.0 Å². The van der Waals surface area contributed by atoms with Gasteiger partial charge in [-0.15, -0.1) is 0 Å². The summed E-state index contributed by atoms with van der Waals surface area (Å²) in [6.07, 6.45) is 7.55. The molecule has 0 spiro atoms. The average Bonchev–Trinajstić information content (AvgIpc) is 2.96. The van der Waals surface area contributed by atoms with E-state index < -0.39 is 0 Å². The second kappa shape index (κ2) is 5.14. The molecule has 16 heavy (non-hydrogen) atoms. The number of hydrogen-bond donors (Lipinski definition) is 1. The fourth-order valence-corrected chi connectivity index (χ4v) is 2.09. The Bertz CT molecular complexity index is 364. The fraction of sp³-hybridized carbons (Fsp3) is 0.667. The van der Waals surface area contributed by atoms with Crippen LogP contribution in [0.1, 0.15) is 44.3 Å². The maximum Gasteiger partial charge on any atom is 0.216 e. The molecule has 0 saturated heterocycles. The molecule has 1 aromatic rings. The Kier molecular flexibility index (Phi) is 3.59. The topological polar surface area (TPSA) is 64.4 Å². The van der Waals surface area contributed by atoms with Crippen molar-refractivity contribution in [2.24, 2.45) is 16.6 Å². The van der Waals surface area contributed by atoms with Crippen LogP contribution in [0.4, 0.5) is 0 Å². The second-order valence-electron chi connectivity index (χ2n) is 4.30. The third-order valence-corrected chi connectivity index (χ3v) is 3.12. The third-order valence-electron chi connectivity index (χ3n) is 3.12. The van der Waals surface area contributed by atoms with Crippen molar-refractivity contribution in [1.82, 2.24) is 4.98 Å². The molecule has 4 nitrogen and oxygen atoms in total. The highest BCUT2D eigenvalue weighted by Gasteiger charge is 2.18. The van der Waals surface area contributed by atoms with Gasteiger partial charge in [-0.25, -0.2) is 4.98 Å². The zero-order valence-electron chi connectivity index (χ0n) is 9.78. The van der Waals surface area contributed by atoms with Crippen LogP contribution in [0.3, 0.4) is 0 Å². The van der Waals surface area contributed by atoms with E-state index in [0.29, 0.717) is 18.4 Å². The molecule has 1 aliphatic rings. The van der Waals surface area contributed by atoms with Crippen LogP contribution in [0.5, 0.6) is 0 Å². The smallest absolute Gasteiger partial charge is 0.216 e. The Morgan fingerprint density at radius 3 is 2.94 bits per heavy atom. The van der Waals surface area contributed by atoms with E-state index in [4.69, 9.17) is 10.2 Å². The molecule has 1 aliphatic carbocycles. The van der Waals surface area contributed by atoms with E-state index in [1.807, 2.05) is 6.92 Å². The number of oxazole rings is 1. The summed E-state index contributed by atoms with van der Waals surface area (Å²) in [7, 11) is 0. The van der Waals surface area contributed by atoms with Gasteiger partial charge >= 0.3 is 0 Å². The van der Waals surface area contributed by atoms with Crippen molar-refractivity contribution >= 4 is 5.84 Å². The summed E-state index contributed by atoms with van der Waals surface area (Å²) in [4.78, 5) is 8.52. The molecule has 0 amide bonds. The molecule has 0 atom stereocenters.